The molecule has 1 aliphatic rings. The summed E-state index contributed by atoms with van der Waals surface area (Å²) in [7, 11) is -3.84. The van der Waals surface area contributed by atoms with Crippen LogP contribution in [0.3, 0.4) is 0 Å². The van der Waals surface area contributed by atoms with Crippen LogP contribution in [0, 0.1) is 0 Å². The van der Waals surface area contributed by atoms with Gasteiger partial charge in [-0.05, 0) is 25.0 Å². The number of nitrogens with one attached hydrogen (secondary N) is 1. The quantitative estimate of drug-likeness (QED) is 0.736. The van der Waals surface area contributed by atoms with Crippen LogP contribution in [0.15, 0.2) is 17.0 Å². The molecule has 1 aromatic carbocycles. The Morgan fingerprint density at radius 1 is 1.25 bits per heavy atom. The predicted molar refractivity (Wildman–Crippen MR) is 79.5 cm³/mol. The maximum Gasteiger partial charge on any atom is 0.242 e. The van der Waals surface area contributed by atoms with Crippen LogP contribution in [-0.4, -0.2) is 25.7 Å². The summed E-state index contributed by atoms with van der Waals surface area (Å²) in [4.78, 5) is -0.126. The van der Waals surface area contributed by atoms with E-state index in [1.165, 1.54) is 12.1 Å². The fourth-order valence-electron chi connectivity index (χ4n) is 2.27. The van der Waals surface area contributed by atoms with Gasteiger partial charge >= 0.3 is 0 Å². The van der Waals surface area contributed by atoms with Gasteiger partial charge in [-0.2, -0.15) is 0 Å². The third-order valence-corrected chi connectivity index (χ3v) is 5.80. The second kappa shape index (κ2) is 6.07. The first-order valence-corrected chi connectivity index (χ1v) is 8.50. The Morgan fingerprint density at radius 2 is 1.90 bits per heavy atom. The van der Waals surface area contributed by atoms with Crippen molar-refractivity contribution in [2.24, 2.45) is 0 Å². The molecule has 0 amide bonds. The Kier molecular flexibility index (Phi) is 4.81. The van der Waals surface area contributed by atoms with Crippen LogP contribution < -0.4 is 10.5 Å². The van der Waals surface area contributed by atoms with Gasteiger partial charge < -0.3 is 10.8 Å². The van der Waals surface area contributed by atoms with Crippen molar-refractivity contribution in [2.75, 3.05) is 5.73 Å². The molecule has 5 nitrogen and oxygen atoms in total. The van der Waals surface area contributed by atoms with Gasteiger partial charge in [0.25, 0.3) is 0 Å². The third-order valence-electron chi connectivity index (χ3n) is 3.42. The summed E-state index contributed by atoms with van der Waals surface area (Å²) in [6.07, 6.45) is 2.28. The topological polar surface area (TPSA) is 92.4 Å². The van der Waals surface area contributed by atoms with Crippen LogP contribution in [0.25, 0.3) is 0 Å². The predicted octanol–water partition coefficient (Wildman–Crippen LogP) is 2.16. The number of rotatable bonds is 3. The van der Waals surface area contributed by atoms with Crippen molar-refractivity contribution in [1.82, 2.24) is 4.72 Å². The van der Waals surface area contributed by atoms with Gasteiger partial charge in [0.2, 0.25) is 10.0 Å². The highest BCUT2D eigenvalue weighted by molar-refractivity contribution is 7.89. The van der Waals surface area contributed by atoms with E-state index in [-0.39, 0.29) is 20.6 Å². The van der Waals surface area contributed by atoms with Gasteiger partial charge in [-0.25, -0.2) is 13.1 Å². The van der Waals surface area contributed by atoms with E-state index in [1.807, 2.05) is 0 Å². The first-order valence-electron chi connectivity index (χ1n) is 6.27. The lowest BCUT2D eigenvalue weighted by Gasteiger charge is -2.28. The maximum atomic E-state index is 12.3. The molecule has 0 bridgehead atoms. The van der Waals surface area contributed by atoms with E-state index in [9.17, 15) is 13.5 Å². The largest absolute Gasteiger partial charge is 0.396 e. The fraction of sp³-hybridized carbons (Fsp3) is 0.500. The normalized spacial score (nSPS) is 23.8. The number of anilines is 1. The number of sulfonamides is 1. The van der Waals surface area contributed by atoms with E-state index in [2.05, 4.69) is 4.72 Å². The van der Waals surface area contributed by atoms with E-state index in [0.717, 1.165) is 12.8 Å². The molecule has 0 saturated heterocycles. The van der Waals surface area contributed by atoms with Crippen molar-refractivity contribution in [3.8, 4) is 0 Å². The molecule has 0 aromatic heterocycles. The first-order chi connectivity index (χ1) is 9.33. The van der Waals surface area contributed by atoms with E-state index in [1.54, 1.807) is 0 Å². The van der Waals surface area contributed by atoms with Crippen molar-refractivity contribution in [1.29, 1.82) is 0 Å². The molecule has 20 heavy (non-hydrogen) atoms. The molecule has 8 heteroatoms. The lowest BCUT2D eigenvalue weighted by molar-refractivity contribution is 0.101. The smallest absolute Gasteiger partial charge is 0.242 e. The molecule has 1 saturated carbocycles. The summed E-state index contributed by atoms with van der Waals surface area (Å²) in [6, 6.07) is 2.19. The van der Waals surface area contributed by atoms with Gasteiger partial charge in [-0.3, -0.25) is 0 Å². The van der Waals surface area contributed by atoms with Crippen molar-refractivity contribution < 1.29 is 13.5 Å². The molecule has 0 radical (unpaired) electrons. The van der Waals surface area contributed by atoms with Gasteiger partial charge in [-0.1, -0.05) is 36.0 Å². The summed E-state index contributed by atoms with van der Waals surface area (Å²) < 4.78 is 27.1. The standard InChI is InChI=1S/C12H16Cl2N2O3S/c13-7-5-6-10(11(14)12(7)15)20(18,19)16-8-3-1-2-4-9(8)17/h5-6,8-9,16-17H,1-4,15H2/t8-,9-/m0/s1. The van der Waals surface area contributed by atoms with Crippen LogP contribution in [-0.2, 0) is 10.0 Å². The van der Waals surface area contributed by atoms with Crippen LogP contribution in [0.2, 0.25) is 10.0 Å². The average Bonchev–Trinajstić information content (AvgIpc) is 2.38. The number of hydrogen-bond acceptors (Lipinski definition) is 4. The number of halogens is 2. The molecule has 0 heterocycles. The van der Waals surface area contributed by atoms with Gasteiger partial charge in [-0.15, -0.1) is 0 Å². The first kappa shape index (κ1) is 15.9. The Hall–Kier alpha value is -0.530. The number of aliphatic hydroxyl groups excluding tert-OH is 1. The summed E-state index contributed by atoms with van der Waals surface area (Å²) >= 11 is 11.7. The highest BCUT2D eigenvalue weighted by atomic mass is 35.5. The van der Waals surface area contributed by atoms with Crippen molar-refractivity contribution in [3.05, 3.63) is 22.2 Å². The Bertz CT molecular complexity index is 607. The lowest BCUT2D eigenvalue weighted by atomic mass is 9.93. The molecule has 4 N–H and O–H groups in total. The van der Waals surface area contributed by atoms with E-state index in [4.69, 9.17) is 28.9 Å². The zero-order valence-electron chi connectivity index (χ0n) is 10.6. The van der Waals surface area contributed by atoms with Crippen molar-refractivity contribution in [2.45, 2.75) is 42.7 Å². The average molecular weight is 339 g/mol. The van der Waals surface area contributed by atoms with Crippen LogP contribution in [0.1, 0.15) is 25.7 Å². The highest BCUT2D eigenvalue weighted by Crippen LogP contribution is 2.33. The molecule has 1 aliphatic carbocycles. The zero-order valence-corrected chi connectivity index (χ0v) is 13.0. The van der Waals surface area contributed by atoms with Gasteiger partial charge in [0.15, 0.2) is 0 Å². The molecule has 0 aliphatic heterocycles. The molecule has 1 fully saturated rings. The number of hydrogen-bond donors (Lipinski definition) is 3. The number of nitrogens with two attached hydrogens (primary N) is 1. The maximum absolute atomic E-state index is 12.3. The monoisotopic (exact) mass is 338 g/mol. The lowest BCUT2D eigenvalue weighted by Crippen LogP contribution is -2.45. The zero-order chi connectivity index (χ0) is 14.9. The Labute approximate surface area is 128 Å². The minimum absolute atomic E-state index is 0.0281. The van der Waals surface area contributed by atoms with E-state index < -0.39 is 22.2 Å². The second-order valence-corrected chi connectivity index (χ2v) is 7.32. The summed E-state index contributed by atoms with van der Waals surface area (Å²) in [5.41, 5.74) is 5.66. The van der Waals surface area contributed by atoms with Gasteiger partial charge in [0, 0.05) is 6.04 Å². The van der Waals surface area contributed by atoms with Crippen molar-refractivity contribution >= 4 is 38.9 Å². The molecular formula is C12H16Cl2N2O3S. The third kappa shape index (κ3) is 3.20. The molecule has 2 rings (SSSR count). The van der Waals surface area contributed by atoms with Gasteiger partial charge in [0.1, 0.15) is 4.90 Å². The molecule has 112 valence electrons. The Morgan fingerprint density at radius 3 is 2.55 bits per heavy atom. The number of aliphatic hydroxyl groups is 1. The fourth-order valence-corrected chi connectivity index (χ4v) is 4.34. The van der Waals surface area contributed by atoms with Crippen LogP contribution in [0.4, 0.5) is 5.69 Å². The minimum Gasteiger partial charge on any atom is -0.396 e. The van der Waals surface area contributed by atoms with Crippen LogP contribution in [0.5, 0.6) is 0 Å². The van der Waals surface area contributed by atoms with Crippen molar-refractivity contribution in [3.63, 3.8) is 0 Å². The second-order valence-electron chi connectivity index (χ2n) is 4.85. The summed E-state index contributed by atoms with van der Waals surface area (Å²) in [6.45, 7) is 0. The number of nitrogen functional groups attached to an aromatic ring is 1. The molecule has 0 unspecified atom stereocenters. The molecule has 2 atom stereocenters. The summed E-state index contributed by atoms with van der Waals surface area (Å²) in [5.74, 6) is 0. The molecule has 1 aromatic rings. The molecule has 0 spiro atoms. The minimum atomic E-state index is -3.84. The SMILES string of the molecule is Nc1c(Cl)ccc(S(=O)(=O)N[C@H]2CCCC[C@@H]2O)c1Cl. The van der Waals surface area contributed by atoms with Crippen LogP contribution >= 0.6 is 23.2 Å². The van der Waals surface area contributed by atoms with Gasteiger partial charge in [0.05, 0.1) is 21.8 Å². The Balaban J connectivity index is 2.29. The van der Waals surface area contributed by atoms with E-state index >= 15 is 0 Å². The molecular weight excluding hydrogens is 323 g/mol. The highest BCUT2D eigenvalue weighted by Gasteiger charge is 2.29. The number of benzene rings is 1. The summed E-state index contributed by atoms with van der Waals surface area (Å²) in [5, 5.41) is 9.94. The van der Waals surface area contributed by atoms with E-state index in [0.29, 0.717) is 12.8 Å².